The number of carbonyl (C=O) groups excluding carboxylic acids is 2. The van der Waals surface area contributed by atoms with Crippen LogP contribution in [0, 0.1) is 5.82 Å². The van der Waals surface area contributed by atoms with Crippen molar-refractivity contribution in [1.82, 2.24) is 14.5 Å². The highest BCUT2D eigenvalue weighted by Crippen LogP contribution is 2.39. The number of benzene rings is 2. The maximum atomic E-state index is 13.4. The van der Waals surface area contributed by atoms with E-state index >= 15 is 0 Å². The van der Waals surface area contributed by atoms with E-state index < -0.39 is 23.5 Å². The molecule has 1 aliphatic heterocycles. The number of carbonyl (C=O) groups is 2. The van der Waals surface area contributed by atoms with Gasteiger partial charge in [0.2, 0.25) is 0 Å². The number of halogens is 1. The van der Waals surface area contributed by atoms with Crippen LogP contribution in [0.15, 0.2) is 72.8 Å². The zero-order valence-corrected chi connectivity index (χ0v) is 18.1. The quantitative estimate of drug-likeness (QED) is 0.320. The molecule has 7 nitrogen and oxygen atoms in total. The number of rotatable bonds is 8. The first-order valence-electron chi connectivity index (χ1n) is 10.7. The molecule has 2 aromatic carbocycles. The topological polar surface area (TPSA) is 84.7 Å². The summed E-state index contributed by atoms with van der Waals surface area (Å²) >= 11 is 0. The minimum absolute atomic E-state index is 0.0154. The van der Waals surface area contributed by atoms with Crippen LogP contribution < -0.4 is 4.74 Å². The van der Waals surface area contributed by atoms with Gasteiger partial charge in [0, 0.05) is 31.0 Å². The monoisotopic (exact) mass is 449 g/mol. The van der Waals surface area contributed by atoms with Gasteiger partial charge in [0.25, 0.3) is 11.7 Å². The molecule has 1 aliphatic rings. The summed E-state index contributed by atoms with van der Waals surface area (Å²) in [4.78, 5) is 31.5. The highest BCUT2D eigenvalue weighted by atomic mass is 19.1. The first-order chi connectivity index (χ1) is 16.0. The van der Waals surface area contributed by atoms with Crippen LogP contribution in [0.25, 0.3) is 5.76 Å². The summed E-state index contributed by atoms with van der Waals surface area (Å²) in [6, 6.07) is 11.5. The number of aromatic nitrogens is 2. The van der Waals surface area contributed by atoms with Crippen molar-refractivity contribution in [2.75, 3.05) is 13.2 Å². The molecular formula is C25H24FN3O4. The van der Waals surface area contributed by atoms with Crippen LogP contribution in [0.2, 0.25) is 0 Å². The Hall–Kier alpha value is -3.94. The summed E-state index contributed by atoms with van der Waals surface area (Å²) in [6.07, 6.45) is 5.78. The van der Waals surface area contributed by atoms with Gasteiger partial charge < -0.3 is 19.3 Å². The van der Waals surface area contributed by atoms with Crippen LogP contribution >= 0.6 is 0 Å². The van der Waals surface area contributed by atoms with E-state index in [4.69, 9.17) is 4.74 Å². The lowest BCUT2D eigenvalue weighted by molar-refractivity contribution is -0.139. The van der Waals surface area contributed by atoms with Gasteiger partial charge in [-0.25, -0.2) is 9.37 Å². The molecule has 0 bridgehead atoms. The van der Waals surface area contributed by atoms with E-state index in [1.54, 1.807) is 36.8 Å². The summed E-state index contributed by atoms with van der Waals surface area (Å²) in [5, 5.41) is 11.0. The smallest absolute Gasteiger partial charge is 0.295 e. The molecule has 8 heteroatoms. The molecule has 1 aromatic heterocycles. The van der Waals surface area contributed by atoms with Crippen molar-refractivity contribution >= 4 is 17.4 Å². The van der Waals surface area contributed by atoms with Crippen molar-refractivity contribution in [3.63, 3.8) is 0 Å². The molecule has 0 saturated carbocycles. The van der Waals surface area contributed by atoms with Gasteiger partial charge in [-0.3, -0.25) is 9.59 Å². The Balaban J connectivity index is 1.71. The molecule has 0 aliphatic carbocycles. The Labute approximate surface area is 190 Å². The molecule has 1 atom stereocenters. The number of hydrogen-bond donors (Lipinski definition) is 1. The van der Waals surface area contributed by atoms with Crippen LogP contribution in [-0.2, 0) is 16.1 Å². The molecule has 1 N–H and O–H groups in total. The molecule has 33 heavy (non-hydrogen) atoms. The van der Waals surface area contributed by atoms with E-state index in [0.29, 0.717) is 37.4 Å². The highest BCUT2D eigenvalue weighted by Gasteiger charge is 2.45. The van der Waals surface area contributed by atoms with Gasteiger partial charge in [0.1, 0.15) is 17.3 Å². The van der Waals surface area contributed by atoms with Gasteiger partial charge in [0.05, 0.1) is 24.5 Å². The molecule has 4 rings (SSSR count). The van der Waals surface area contributed by atoms with E-state index in [1.807, 2.05) is 17.7 Å². The van der Waals surface area contributed by atoms with Gasteiger partial charge in [-0.2, -0.15) is 0 Å². The third kappa shape index (κ3) is 4.64. The fraction of sp³-hybridized carbons (Fsp3) is 0.240. The van der Waals surface area contributed by atoms with E-state index in [1.165, 1.54) is 29.2 Å². The second kappa shape index (κ2) is 9.68. The van der Waals surface area contributed by atoms with Crippen LogP contribution in [0.1, 0.15) is 30.5 Å². The van der Waals surface area contributed by atoms with Gasteiger partial charge in [-0.15, -0.1) is 0 Å². The Morgan fingerprint density at radius 3 is 2.45 bits per heavy atom. The number of ketones is 1. The fourth-order valence-corrected chi connectivity index (χ4v) is 3.98. The van der Waals surface area contributed by atoms with Gasteiger partial charge in [0.15, 0.2) is 0 Å². The Morgan fingerprint density at radius 2 is 1.82 bits per heavy atom. The number of nitrogens with zero attached hydrogens (tertiary/aromatic N) is 3. The van der Waals surface area contributed by atoms with Crippen molar-refractivity contribution < 1.29 is 23.8 Å². The molecule has 1 fully saturated rings. The zero-order valence-electron chi connectivity index (χ0n) is 18.1. The number of Topliss-reactive ketones (excluding diaryl/α,β-unsaturated/α-hetero) is 1. The molecule has 0 radical (unpaired) electrons. The average molecular weight is 449 g/mol. The van der Waals surface area contributed by atoms with Crippen LogP contribution in [-0.4, -0.2) is 44.4 Å². The SMILES string of the molecule is CCOc1ccc([C@@H]2/C(=C(\O)c3ccc(F)cc3)C(=O)C(=O)N2CCCn2ccnc2)cc1. The number of amides is 1. The summed E-state index contributed by atoms with van der Waals surface area (Å²) < 4.78 is 20.8. The highest BCUT2D eigenvalue weighted by molar-refractivity contribution is 6.46. The number of aryl methyl sites for hydroxylation is 1. The number of likely N-dealkylation sites (tertiary alicyclic amines) is 1. The maximum absolute atomic E-state index is 13.4. The predicted molar refractivity (Wildman–Crippen MR) is 120 cm³/mol. The lowest BCUT2D eigenvalue weighted by atomic mass is 9.95. The van der Waals surface area contributed by atoms with Crippen LogP contribution in [0.4, 0.5) is 4.39 Å². The Kier molecular flexibility index (Phi) is 6.53. The maximum Gasteiger partial charge on any atom is 0.295 e. The van der Waals surface area contributed by atoms with E-state index in [0.717, 1.165) is 0 Å². The molecule has 1 saturated heterocycles. The van der Waals surface area contributed by atoms with Crippen LogP contribution in [0.5, 0.6) is 5.75 Å². The predicted octanol–water partition coefficient (Wildman–Crippen LogP) is 3.93. The fourth-order valence-electron chi connectivity index (χ4n) is 3.98. The second-order valence-corrected chi connectivity index (χ2v) is 7.66. The van der Waals surface area contributed by atoms with Crippen molar-refractivity contribution in [3.8, 4) is 5.75 Å². The van der Waals surface area contributed by atoms with Gasteiger partial charge in [-0.05, 0) is 55.3 Å². The Bertz CT molecular complexity index is 1160. The summed E-state index contributed by atoms with van der Waals surface area (Å²) in [7, 11) is 0. The molecule has 2 heterocycles. The third-order valence-corrected chi connectivity index (χ3v) is 5.54. The first-order valence-corrected chi connectivity index (χ1v) is 10.7. The van der Waals surface area contributed by atoms with Crippen molar-refractivity contribution in [3.05, 3.63) is 89.8 Å². The molecule has 1 amide bonds. The summed E-state index contributed by atoms with van der Waals surface area (Å²) in [5.41, 5.74) is 0.922. The van der Waals surface area contributed by atoms with Crippen molar-refractivity contribution in [2.45, 2.75) is 25.9 Å². The first kappa shape index (κ1) is 22.3. The average Bonchev–Trinajstić information content (AvgIpc) is 3.42. The third-order valence-electron chi connectivity index (χ3n) is 5.54. The molecule has 3 aromatic rings. The zero-order chi connectivity index (χ0) is 23.4. The number of ether oxygens (including phenoxy) is 1. The van der Waals surface area contributed by atoms with E-state index in [9.17, 15) is 19.1 Å². The Morgan fingerprint density at radius 1 is 1.09 bits per heavy atom. The summed E-state index contributed by atoms with van der Waals surface area (Å²) in [5.74, 6) is -1.57. The largest absolute Gasteiger partial charge is 0.507 e. The van der Waals surface area contributed by atoms with Gasteiger partial charge in [-0.1, -0.05) is 12.1 Å². The lowest BCUT2D eigenvalue weighted by Gasteiger charge is -2.25. The van der Waals surface area contributed by atoms with Gasteiger partial charge >= 0.3 is 0 Å². The molecule has 170 valence electrons. The molecule has 0 unspecified atom stereocenters. The standard InChI is InChI=1S/C25H24FN3O4/c1-2-33-20-10-6-17(7-11-20)22-21(23(30)18-4-8-19(26)9-5-18)24(31)25(32)29(22)14-3-13-28-15-12-27-16-28/h4-12,15-16,22,30H,2-3,13-14H2,1H3/b23-21+/t22-/m1/s1. The number of aliphatic hydroxyl groups is 1. The number of aliphatic hydroxyl groups excluding tert-OH is 1. The summed E-state index contributed by atoms with van der Waals surface area (Å²) in [6.45, 7) is 3.32. The number of imidazole rings is 1. The number of hydrogen-bond acceptors (Lipinski definition) is 5. The molecule has 0 spiro atoms. The minimum Gasteiger partial charge on any atom is -0.507 e. The second-order valence-electron chi connectivity index (χ2n) is 7.66. The minimum atomic E-state index is -0.770. The molecular weight excluding hydrogens is 425 g/mol. The van der Waals surface area contributed by atoms with Crippen LogP contribution in [0.3, 0.4) is 0 Å². The lowest BCUT2D eigenvalue weighted by Crippen LogP contribution is -2.31. The van der Waals surface area contributed by atoms with E-state index in [2.05, 4.69) is 4.98 Å². The normalized spacial score (nSPS) is 17.5. The van der Waals surface area contributed by atoms with Crippen molar-refractivity contribution in [2.24, 2.45) is 0 Å². The van der Waals surface area contributed by atoms with E-state index in [-0.39, 0.29) is 16.9 Å². The van der Waals surface area contributed by atoms with Crippen molar-refractivity contribution in [1.29, 1.82) is 0 Å².